The highest BCUT2D eigenvalue weighted by Crippen LogP contribution is 2.15. The van der Waals surface area contributed by atoms with E-state index in [1.54, 1.807) is 13.3 Å². The molecule has 110 valence electrons. The fourth-order valence-electron chi connectivity index (χ4n) is 1.75. The first-order valence-corrected chi connectivity index (χ1v) is 6.87. The van der Waals surface area contributed by atoms with E-state index in [4.69, 9.17) is 9.47 Å². The van der Waals surface area contributed by atoms with Crippen molar-refractivity contribution in [3.8, 4) is 11.5 Å². The lowest BCUT2D eigenvalue weighted by Crippen LogP contribution is -2.05. The van der Waals surface area contributed by atoms with Crippen molar-refractivity contribution in [3.05, 3.63) is 54.1 Å². The van der Waals surface area contributed by atoms with Gasteiger partial charge in [-0.25, -0.2) is 0 Å². The fraction of sp³-hybridized carbons (Fsp3) is 0.235. The number of hydrogen-bond acceptors (Lipinski definition) is 4. The van der Waals surface area contributed by atoms with Crippen molar-refractivity contribution in [2.24, 2.45) is 5.10 Å². The summed E-state index contributed by atoms with van der Waals surface area (Å²) in [6, 6.07) is 15.4. The second-order valence-corrected chi connectivity index (χ2v) is 4.83. The maximum atomic E-state index is 5.59. The number of benzene rings is 2. The predicted octanol–water partition coefficient (Wildman–Crippen LogP) is 3.93. The quantitative estimate of drug-likeness (QED) is 0.645. The maximum Gasteiger partial charge on any atom is 0.119 e. The molecule has 21 heavy (non-hydrogen) atoms. The monoisotopic (exact) mass is 284 g/mol. The minimum absolute atomic E-state index is 0.182. The van der Waals surface area contributed by atoms with Crippen LogP contribution in [0.5, 0.6) is 11.5 Å². The van der Waals surface area contributed by atoms with Crippen LogP contribution in [-0.4, -0.2) is 19.4 Å². The molecular weight excluding hydrogens is 264 g/mol. The number of rotatable bonds is 6. The molecule has 0 aliphatic carbocycles. The minimum atomic E-state index is 0.182. The van der Waals surface area contributed by atoms with Gasteiger partial charge in [-0.3, -0.25) is 5.43 Å². The number of nitrogens with one attached hydrogen (secondary N) is 1. The van der Waals surface area contributed by atoms with Gasteiger partial charge in [0.2, 0.25) is 0 Å². The predicted molar refractivity (Wildman–Crippen MR) is 86.4 cm³/mol. The van der Waals surface area contributed by atoms with Gasteiger partial charge in [0.25, 0.3) is 0 Å². The van der Waals surface area contributed by atoms with Crippen LogP contribution in [-0.2, 0) is 0 Å². The Kier molecular flexibility index (Phi) is 5.21. The molecule has 0 heterocycles. The van der Waals surface area contributed by atoms with Gasteiger partial charge in [0.15, 0.2) is 0 Å². The normalized spacial score (nSPS) is 10.9. The molecule has 2 aromatic rings. The molecule has 0 unspecified atom stereocenters. The summed E-state index contributed by atoms with van der Waals surface area (Å²) >= 11 is 0. The van der Waals surface area contributed by atoms with Crippen LogP contribution in [0.1, 0.15) is 19.4 Å². The molecule has 0 aliphatic heterocycles. The minimum Gasteiger partial charge on any atom is -0.497 e. The summed E-state index contributed by atoms with van der Waals surface area (Å²) in [6.07, 6.45) is 1.95. The van der Waals surface area contributed by atoms with Crippen LogP contribution < -0.4 is 14.9 Å². The average Bonchev–Trinajstić information content (AvgIpc) is 2.49. The Morgan fingerprint density at radius 1 is 0.952 bits per heavy atom. The van der Waals surface area contributed by atoms with Crippen LogP contribution in [0.3, 0.4) is 0 Å². The van der Waals surface area contributed by atoms with Gasteiger partial charge >= 0.3 is 0 Å². The van der Waals surface area contributed by atoms with Crippen molar-refractivity contribution < 1.29 is 9.47 Å². The van der Waals surface area contributed by atoms with Crippen molar-refractivity contribution in [1.82, 2.24) is 0 Å². The summed E-state index contributed by atoms with van der Waals surface area (Å²) in [5, 5.41) is 4.20. The molecule has 0 spiro atoms. The molecule has 0 radical (unpaired) electrons. The molecule has 0 amide bonds. The Balaban J connectivity index is 1.91. The van der Waals surface area contributed by atoms with Gasteiger partial charge in [0, 0.05) is 0 Å². The molecule has 4 nitrogen and oxygen atoms in total. The lowest BCUT2D eigenvalue weighted by molar-refractivity contribution is 0.242. The van der Waals surface area contributed by atoms with Crippen molar-refractivity contribution in [2.45, 2.75) is 20.0 Å². The van der Waals surface area contributed by atoms with Gasteiger partial charge in [-0.05, 0) is 67.9 Å². The van der Waals surface area contributed by atoms with Gasteiger partial charge in [0.05, 0.1) is 25.1 Å². The Hall–Kier alpha value is -2.49. The summed E-state index contributed by atoms with van der Waals surface area (Å²) in [5.74, 6) is 1.69. The fourth-order valence-corrected chi connectivity index (χ4v) is 1.75. The molecule has 0 aromatic heterocycles. The largest absolute Gasteiger partial charge is 0.497 e. The highest BCUT2D eigenvalue weighted by molar-refractivity contribution is 5.80. The van der Waals surface area contributed by atoms with Gasteiger partial charge in [-0.15, -0.1) is 0 Å². The first kappa shape index (κ1) is 14.9. The van der Waals surface area contributed by atoms with Crippen LogP contribution in [0.25, 0.3) is 0 Å². The van der Waals surface area contributed by atoms with Crippen LogP contribution in [0.2, 0.25) is 0 Å². The number of methoxy groups -OCH3 is 1. The van der Waals surface area contributed by atoms with E-state index in [0.29, 0.717) is 0 Å². The summed E-state index contributed by atoms with van der Waals surface area (Å²) in [4.78, 5) is 0. The molecule has 0 saturated heterocycles. The van der Waals surface area contributed by atoms with Crippen molar-refractivity contribution >= 4 is 11.9 Å². The zero-order valence-corrected chi connectivity index (χ0v) is 12.5. The van der Waals surface area contributed by atoms with E-state index >= 15 is 0 Å². The smallest absolute Gasteiger partial charge is 0.119 e. The van der Waals surface area contributed by atoms with Crippen molar-refractivity contribution in [2.75, 3.05) is 12.5 Å². The van der Waals surface area contributed by atoms with Gasteiger partial charge < -0.3 is 9.47 Å². The average molecular weight is 284 g/mol. The van der Waals surface area contributed by atoms with E-state index in [1.165, 1.54) is 0 Å². The molecule has 0 aliphatic rings. The number of nitrogens with zero attached hydrogens (tertiary/aromatic N) is 1. The summed E-state index contributed by atoms with van der Waals surface area (Å²) in [6.45, 7) is 4.02. The molecular formula is C17H20N2O2. The standard InChI is InChI=1S/C17H20N2O2/c1-13(2)21-17-8-4-14(5-9-17)12-18-19-15-6-10-16(20-3)11-7-15/h4-13,19H,1-3H3/b18-12+. The summed E-state index contributed by atoms with van der Waals surface area (Å²) < 4.78 is 10.7. The highest BCUT2D eigenvalue weighted by Gasteiger charge is 1.97. The van der Waals surface area contributed by atoms with E-state index in [0.717, 1.165) is 22.7 Å². The van der Waals surface area contributed by atoms with E-state index in [2.05, 4.69) is 10.5 Å². The van der Waals surface area contributed by atoms with Crippen molar-refractivity contribution in [3.63, 3.8) is 0 Å². The molecule has 2 rings (SSSR count). The molecule has 0 bridgehead atoms. The van der Waals surface area contributed by atoms with Gasteiger partial charge in [0.1, 0.15) is 11.5 Å². The first-order valence-electron chi connectivity index (χ1n) is 6.87. The number of hydrazone groups is 1. The van der Waals surface area contributed by atoms with Crippen LogP contribution in [0.4, 0.5) is 5.69 Å². The molecule has 4 heteroatoms. The lowest BCUT2D eigenvalue weighted by atomic mass is 10.2. The SMILES string of the molecule is COc1ccc(N/N=C/c2ccc(OC(C)C)cc2)cc1. The molecule has 1 N–H and O–H groups in total. The Morgan fingerprint density at radius 3 is 2.14 bits per heavy atom. The zero-order valence-electron chi connectivity index (χ0n) is 12.5. The lowest BCUT2D eigenvalue weighted by Gasteiger charge is -2.09. The zero-order chi connectivity index (χ0) is 15.1. The maximum absolute atomic E-state index is 5.59. The van der Waals surface area contributed by atoms with Crippen molar-refractivity contribution in [1.29, 1.82) is 0 Å². The second kappa shape index (κ2) is 7.33. The van der Waals surface area contributed by atoms with Crippen LogP contribution >= 0.6 is 0 Å². The third kappa shape index (κ3) is 4.84. The van der Waals surface area contributed by atoms with Crippen LogP contribution in [0.15, 0.2) is 53.6 Å². The Labute approximate surface area is 125 Å². The topological polar surface area (TPSA) is 42.8 Å². The Bertz CT molecular complexity index is 575. The molecule has 0 atom stereocenters. The van der Waals surface area contributed by atoms with Gasteiger partial charge in [-0.2, -0.15) is 5.10 Å². The summed E-state index contributed by atoms with van der Waals surface area (Å²) in [7, 11) is 1.65. The number of hydrogen-bond donors (Lipinski definition) is 1. The third-order valence-electron chi connectivity index (χ3n) is 2.75. The molecule has 2 aromatic carbocycles. The van der Waals surface area contributed by atoms with Crippen LogP contribution in [0, 0.1) is 0 Å². The van der Waals surface area contributed by atoms with E-state index in [1.807, 2.05) is 62.4 Å². The molecule has 0 saturated carbocycles. The number of ether oxygens (including phenoxy) is 2. The van der Waals surface area contributed by atoms with E-state index in [9.17, 15) is 0 Å². The second-order valence-electron chi connectivity index (χ2n) is 4.83. The van der Waals surface area contributed by atoms with E-state index in [-0.39, 0.29) is 6.10 Å². The number of anilines is 1. The molecule has 0 fully saturated rings. The highest BCUT2D eigenvalue weighted by atomic mass is 16.5. The van der Waals surface area contributed by atoms with Gasteiger partial charge in [-0.1, -0.05) is 0 Å². The third-order valence-corrected chi connectivity index (χ3v) is 2.75. The van der Waals surface area contributed by atoms with E-state index < -0.39 is 0 Å². The first-order chi connectivity index (χ1) is 10.2. The summed E-state index contributed by atoms with van der Waals surface area (Å²) in [5.41, 5.74) is 4.89. The Morgan fingerprint density at radius 2 is 1.57 bits per heavy atom.